The highest BCUT2D eigenvalue weighted by atomic mass is 16.5. The number of amides is 1. The van der Waals surface area contributed by atoms with E-state index in [1.54, 1.807) is 14.2 Å². The van der Waals surface area contributed by atoms with Crippen LogP contribution >= 0.6 is 0 Å². The lowest BCUT2D eigenvalue weighted by atomic mass is 9.89. The average molecular weight is 333 g/mol. The van der Waals surface area contributed by atoms with Crippen molar-refractivity contribution in [3.63, 3.8) is 0 Å². The van der Waals surface area contributed by atoms with Crippen molar-refractivity contribution in [1.82, 2.24) is 4.90 Å². The molecule has 5 heteroatoms. The molecule has 1 atom stereocenters. The van der Waals surface area contributed by atoms with Crippen molar-refractivity contribution in [2.45, 2.75) is 45.6 Å². The zero-order valence-electron chi connectivity index (χ0n) is 15.0. The number of hydrogen-bond donors (Lipinski definition) is 0. The smallest absolute Gasteiger partial charge is 0.223 e. The highest BCUT2D eigenvalue weighted by Gasteiger charge is 2.31. The molecule has 0 aromatic heterocycles. The number of ether oxygens (including phenoxy) is 2. The lowest BCUT2D eigenvalue weighted by Gasteiger charge is -2.37. The minimum absolute atomic E-state index is 0.121. The second kappa shape index (κ2) is 8.18. The standard InChI is InChI=1S/C19H27NO4/c1-13(2)5-6-19(22)20-9-7-14-11-17(23-3)18(24-4)12-15(14)16(20)8-10-21/h10-13,16H,5-9H2,1-4H3. The van der Waals surface area contributed by atoms with Gasteiger partial charge < -0.3 is 19.2 Å². The van der Waals surface area contributed by atoms with Gasteiger partial charge in [-0.1, -0.05) is 13.8 Å². The minimum atomic E-state index is -0.217. The van der Waals surface area contributed by atoms with Crippen LogP contribution < -0.4 is 9.47 Å². The largest absolute Gasteiger partial charge is 0.493 e. The van der Waals surface area contributed by atoms with E-state index in [0.717, 1.165) is 30.3 Å². The van der Waals surface area contributed by atoms with Crippen molar-refractivity contribution in [2.75, 3.05) is 20.8 Å². The molecule has 24 heavy (non-hydrogen) atoms. The van der Waals surface area contributed by atoms with E-state index in [9.17, 15) is 9.59 Å². The van der Waals surface area contributed by atoms with Crippen LogP contribution in [0.4, 0.5) is 0 Å². The fourth-order valence-electron chi connectivity index (χ4n) is 3.23. The van der Waals surface area contributed by atoms with Gasteiger partial charge in [-0.15, -0.1) is 0 Å². The number of hydrogen-bond acceptors (Lipinski definition) is 4. The number of aldehydes is 1. The molecule has 0 aliphatic carbocycles. The van der Waals surface area contributed by atoms with E-state index in [1.807, 2.05) is 17.0 Å². The van der Waals surface area contributed by atoms with Gasteiger partial charge in [-0.05, 0) is 42.0 Å². The molecule has 0 radical (unpaired) electrons. The molecular weight excluding hydrogens is 306 g/mol. The number of rotatable bonds is 7. The lowest BCUT2D eigenvalue weighted by Crippen LogP contribution is -2.40. The van der Waals surface area contributed by atoms with Gasteiger partial charge in [0.15, 0.2) is 11.5 Å². The Kier molecular flexibility index (Phi) is 6.23. The fraction of sp³-hybridized carbons (Fsp3) is 0.579. The molecule has 2 rings (SSSR count). The van der Waals surface area contributed by atoms with Gasteiger partial charge in [-0.25, -0.2) is 0 Å². The lowest BCUT2D eigenvalue weighted by molar-refractivity contribution is -0.134. The quantitative estimate of drug-likeness (QED) is 0.719. The van der Waals surface area contributed by atoms with Gasteiger partial charge in [0, 0.05) is 19.4 Å². The van der Waals surface area contributed by atoms with E-state index in [1.165, 1.54) is 0 Å². The maximum atomic E-state index is 12.6. The third-order valence-electron chi connectivity index (χ3n) is 4.58. The Balaban J connectivity index is 2.33. The first-order valence-electron chi connectivity index (χ1n) is 8.49. The Morgan fingerprint density at radius 2 is 1.96 bits per heavy atom. The second-order valence-corrected chi connectivity index (χ2v) is 6.59. The zero-order valence-corrected chi connectivity index (χ0v) is 15.0. The molecular formula is C19H27NO4. The molecule has 0 saturated heterocycles. The Morgan fingerprint density at radius 3 is 2.54 bits per heavy atom. The molecule has 1 heterocycles. The van der Waals surface area contributed by atoms with Gasteiger partial charge >= 0.3 is 0 Å². The van der Waals surface area contributed by atoms with Crippen LogP contribution in [0.5, 0.6) is 11.5 Å². The van der Waals surface area contributed by atoms with Gasteiger partial charge in [-0.2, -0.15) is 0 Å². The summed E-state index contributed by atoms with van der Waals surface area (Å²) in [7, 11) is 3.20. The summed E-state index contributed by atoms with van der Waals surface area (Å²) in [6.07, 6.45) is 3.34. The highest BCUT2D eigenvalue weighted by Crippen LogP contribution is 2.39. The van der Waals surface area contributed by atoms with Crippen molar-refractivity contribution >= 4 is 12.2 Å². The topological polar surface area (TPSA) is 55.8 Å². The first kappa shape index (κ1) is 18.3. The number of carbonyl (C=O) groups is 2. The summed E-state index contributed by atoms with van der Waals surface area (Å²) in [5, 5.41) is 0. The van der Waals surface area contributed by atoms with Crippen LogP contribution in [-0.4, -0.2) is 37.9 Å². The summed E-state index contributed by atoms with van der Waals surface area (Å²) < 4.78 is 10.7. The van der Waals surface area contributed by atoms with Gasteiger partial charge in [0.05, 0.1) is 20.3 Å². The minimum Gasteiger partial charge on any atom is -0.493 e. The van der Waals surface area contributed by atoms with Gasteiger partial charge in [0.1, 0.15) is 6.29 Å². The van der Waals surface area contributed by atoms with E-state index < -0.39 is 0 Å². The Morgan fingerprint density at radius 1 is 1.29 bits per heavy atom. The van der Waals surface area contributed by atoms with Gasteiger partial charge in [0.2, 0.25) is 5.91 Å². The maximum absolute atomic E-state index is 12.6. The molecule has 0 fully saturated rings. The third-order valence-corrected chi connectivity index (χ3v) is 4.58. The molecule has 0 saturated carbocycles. The molecule has 1 aromatic carbocycles. The predicted molar refractivity (Wildman–Crippen MR) is 92.5 cm³/mol. The Hall–Kier alpha value is -2.04. The summed E-state index contributed by atoms with van der Waals surface area (Å²) in [5.74, 6) is 1.92. The van der Waals surface area contributed by atoms with Crippen molar-refractivity contribution in [3.05, 3.63) is 23.3 Å². The molecule has 132 valence electrons. The zero-order chi connectivity index (χ0) is 17.7. The van der Waals surface area contributed by atoms with Crippen LogP contribution in [0.2, 0.25) is 0 Å². The maximum Gasteiger partial charge on any atom is 0.223 e. The highest BCUT2D eigenvalue weighted by molar-refractivity contribution is 5.78. The molecule has 5 nitrogen and oxygen atoms in total. The summed E-state index contributed by atoms with van der Waals surface area (Å²) in [6, 6.07) is 3.65. The molecule has 1 aliphatic rings. The molecule has 0 bridgehead atoms. The van der Waals surface area contributed by atoms with Crippen LogP contribution in [-0.2, 0) is 16.0 Å². The summed E-state index contributed by atoms with van der Waals surface area (Å²) in [5.41, 5.74) is 2.11. The van der Waals surface area contributed by atoms with Gasteiger partial charge in [0.25, 0.3) is 0 Å². The number of methoxy groups -OCH3 is 2. The molecule has 0 spiro atoms. The van der Waals surface area contributed by atoms with Crippen LogP contribution in [0.1, 0.15) is 50.3 Å². The summed E-state index contributed by atoms with van der Waals surface area (Å²) >= 11 is 0. The molecule has 1 aliphatic heterocycles. The van der Waals surface area contributed by atoms with Crippen LogP contribution in [0.15, 0.2) is 12.1 Å². The molecule has 1 amide bonds. The monoisotopic (exact) mass is 333 g/mol. The van der Waals surface area contributed by atoms with Gasteiger partial charge in [-0.3, -0.25) is 4.79 Å². The molecule has 1 unspecified atom stereocenters. The average Bonchev–Trinajstić information content (AvgIpc) is 2.58. The first-order valence-corrected chi connectivity index (χ1v) is 8.49. The van der Waals surface area contributed by atoms with Crippen LogP contribution in [0.25, 0.3) is 0 Å². The van der Waals surface area contributed by atoms with Crippen molar-refractivity contribution < 1.29 is 19.1 Å². The SMILES string of the molecule is COc1cc2c(cc1OC)C(CC=O)N(C(=O)CCC(C)C)CC2. The van der Waals surface area contributed by atoms with E-state index in [0.29, 0.717) is 36.8 Å². The van der Waals surface area contributed by atoms with Crippen molar-refractivity contribution in [2.24, 2.45) is 5.92 Å². The first-order chi connectivity index (χ1) is 11.5. The van der Waals surface area contributed by atoms with Crippen LogP contribution in [0.3, 0.4) is 0 Å². The third kappa shape index (κ3) is 3.89. The predicted octanol–water partition coefficient (Wildman–Crippen LogP) is 3.15. The summed E-state index contributed by atoms with van der Waals surface area (Å²) in [6.45, 7) is 4.86. The Bertz CT molecular complexity index is 597. The van der Waals surface area contributed by atoms with E-state index in [-0.39, 0.29) is 11.9 Å². The van der Waals surface area contributed by atoms with Crippen LogP contribution in [0, 0.1) is 5.92 Å². The summed E-state index contributed by atoms with van der Waals surface area (Å²) in [4.78, 5) is 25.7. The number of fused-ring (bicyclic) bond motifs is 1. The van der Waals surface area contributed by atoms with Crippen molar-refractivity contribution in [3.8, 4) is 11.5 Å². The van der Waals surface area contributed by atoms with E-state index in [4.69, 9.17) is 9.47 Å². The molecule has 0 N–H and O–H groups in total. The van der Waals surface area contributed by atoms with E-state index >= 15 is 0 Å². The molecule has 1 aromatic rings. The van der Waals surface area contributed by atoms with E-state index in [2.05, 4.69) is 13.8 Å². The number of carbonyl (C=O) groups excluding carboxylic acids is 2. The normalized spacial score (nSPS) is 16.7. The number of benzene rings is 1. The second-order valence-electron chi connectivity index (χ2n) is 6.59. The fourth-order valence-corrected chi connectivity index (χ4v) is 3.23. The Labute approximate surface area is 143 Å². The van der Waals surface area contributed by atoms with Crippen molar-refractivity contribution in [1.29, 1.82) is 0 Å². The number of nitrogens with zero attached hydrogens (tertiary/aromatic N) is 1.